The Bertz CT molecular complexity index is 1070. The third kappa shape index (κ3) is 3.13. The van der Waals surface area contributed by atoms with Gasteiger partial charge in [-0.2, -0.15) is 4.57 Å². The van der Waals surface area contributed by atoms with Crippen molar-refractivity contribution in [2.24, 2.45) is 0 Å². The molecule has 0 aliphatic carbocycles. The van der Waals surface area contributed by atoms with E-state index in [4.69, 9.17) is 0 Å². The lowest BCUT2D eigenvalue weighted by Crippen LogP contribution is -2.57. The molecule has 0 saturated carbocycles. The Kier molecular flexibility index (Phi) is 4.62. The van der Waals surface area contributed by atoms with Crippen LogP contribution < -0.4 is 9.88 Å². The van der Waals surface area contributed by atoms with Crippen molar-refractivity contribution in [3.8, 4) is 11.1 Å². The Morgan fingerprint density at radius 3 is 2.21 bits per heavy atom. The van der Waals surface area contributed by atoms with Gasteiger partial charge in [-0.3, -0.25) is 25.8 Å². The summed E-state index contributed by atoms with van der Waals surface area (Å²) in [5.41, 5.74) is 2.76. The van der Waals surface area contributed by atoms with Crippen molar-refractivity contribution in [3.63, 3.8) is 0 Å². The molecule has 6 heteroatoms. The van der Waals surface area contributed by atoms with Crippen LogP contribution in [0.5, 0.6) is 0 Å². The van der Waals surface area contributed by atoms with E-state index in [1.54, 1.807) is 29.4 Å². The summed E-state index contributed by atoms with van der Waals surface area (Å²) in [4.78, 5) is 29.0. The number of rotatable bonds is 3. The first-order chi connectivity index (χ1) is 13.7. The van der Waals surface area contributed by atoms with Crippen molar-refractivity contribution in [2.75, 3.05) is 0 Å². The Labute approximate surface area is 161 Å². The third-order valence-electron chi connectivity index (χ3n) is 4.84. The fourth-order valence-electron chi connectivity index (χ4n) is 3.50. The van der Waals surface area contributed by atoms with Crippen molar-refractivity contribution in [3.05, 3.63) is 95.9 Å². The summed E-state index contributed by atoms with van der Waals surface area (Å²) in [7, 11) is 0. The molecule has 0 unspecified atom stereocenters. The van der Waals surface area contributed by atoms with Crippen LogP contribution in [0, 0.1) is 0 Å². The maximum atomic E-state index is 12.7. The molecule has 1 fully saturated rings. The molecule has 3 aromatic rings. The molecule has 0 spiro atoms. The summed E-state index contributed by atoms with van der Waals surface area (Å²) in [5, 5.41) is 11.9. The number of carbonyl (C=O) groups is 2. The molecule has 1 aliphatic heterocycles. The Morgan fingerprint density at radius 1 is 0.929 bits per heavy atom. The molecule has 2 amide bonds. The Balaban J connectivity index is 1.78. The molecular formula is C22H16N4O2. The van der Waals surface area contributed by atoms with Crippen molar-refractivity contribution in [1.29, 1.82) is 0 Å². The van der Waals surface area contributed by atoms with Crippen LogP contribution in [0.3, 0.4) is 0 Å². The molecule has 28 heavy (non-hydrogen) atoms. The minimum atomic E-state index is -0.735. The highest BCUT2D eigenvalue weighted by Crippen LogP contribution is 2.34. The van der Waals surface area contributed by atoms with Crippen LogP contribution in [-0.4, -0.2) is 22.7 Å². The minimum absolute atomic E-state index is 0.0292. The predicted octanol–water partition coefficient (Wildman–Crippen LogP) is 2.18. The zero-order valence-corrected chi connectivity index (χ0v) is 14.8. The lowest BCUT2D eigenvalue weighted by Gasteiger charge is -2.28. The summed E-state index contributed by atoms with van der Waals surface area (Å²) < 4.78 is 1.74. The largest absolute Gasteiger partial charge is 0.763 e. The average molecular weight is 368 g/mol. The number of hydrogen-bond acceptors (Lipinski definition) is 3. The molecule has 1 aliphatic rings. The van der Waals surface area contributed by atoms with Gasteiger partial charge in [0.05, 0.1) is 11.5 Å². The summed E-state index contributed by atoms with van der Waals surface area (Å²) in [6.07, 6.45) is 7.02. The maximum absolute atomic E-state index is 12.7. The van der Waals surface area contributed by atoms with E-state index >= 15 is 0 Å². The van der Waals surface area contributed by atoms with Crippen LogP contribution in [0.15, 0.2) is 85.0 Å². The predicted molar refractivity (Wildman–Crippen MR) is 103 cm³/mol. The zero-order chi connectivity index (χ0) is 19.5. The number of pyridine rings is 2. The number of imide groups is 1. The maximum Gasteiger partial charge on any atom is 0.296 e. The normalized spacial score (nSPS) is 19.1. The molecule has 136 valence electrons. The van der Waals surface area contributed by atoms with Crippen LogP contribution in [0.25, 0.3) is 16.5 Å². The van der Waals surface area contributed by atoms with E-state index < -0.39 is 23.8 Å². The molecule has 3 heterocycles. The number of benzene rings is 1. The molecule has 2 aromatic heterocycles. The third-order valence-corrected chi connectivity index (χ3v) is 4.84. The zero-order valence-electron chi connectivity index (χ0n) is 14.8. The highest BCUT2D eigenvalue weighted by molar-refractivity contribution is 6.14. The smallest absolute Gasteiger partial charge is 0.296 e. The van der Waals surface area contributed by atoms with Gasteiger partial charge in [-0.25, -0.2) is 0 Å². The first kappa shape index (κ1) is 17.5. The van der Waals surface area contributed by atoms with Crippen molar-refractivity contribution < 1.29 is 14.2 Å². The standard InChI is InChI=1S/C22H16N4O2/c23-14-18-19(17-4-2-1-3-5-17)20(22(28)25-21(18)27)26-12-8-16(9-13-26)15-6-10-24-11-7-15/h1-13,19-20H,(H,25,27,28)/t19-,20+/m0/s1. The second kappa shape index (κ2) is 7.39. The highest BCUT2D eigenvalue weighted by atomic mass is 16.2. The van der Waals surface area contributed by atoms with Crippen molar-refractivity contribution in [2.45, 2.75) is 12.0 Å². The number of nitrogens with one attached hydrogen (secondary N) is 1. The number of nitrogens with zero attached hydrogens (tertiary/aromatic N) is 3. The van der Waals surface area contributed by atoms with E-state index in [0.29, 0.717) is 0 Å². The van der Waals surface area contributed by atoms with Gasteiger partial charge < -0.3 is 5.41 Å². The van der Waals surface area contributed by atoms with Crippen LogP contribution in [0.1, 0.15) is 17.5 Å². The minimum Gasteiger partial charge on any atom is -0.763 e. The van der Waals surface area contributed by atoms with E-state index in [1.165, 1.54) is 0 Å². The summed E-state index contributed by atoms with van der Waals surface area (Å²) in [5.74, 6) is 0.279. The van der Waals surface area contributed by atoms with Crippen LogP contribution in [-0.2, 0) is 9.59 Å². The van der Waals surface area contributed by atoms with Crippen LogP contribution in [0.4, 0.5) is 0 Å². The SMILES string of the molecule is [N-]=C=C1C(=O)NC(=O)[C@H]([n+]2ccc(-c3ccncc3)cc2)[C@H]1c1ccccc1. The summed E-state index contributed by atoms with van der Waals surface area (Å²) in [6.45, 7) is 0. The molecule has 0 bridgehead atoms. The topological polar surface area (TPSA) is 85.2 Å². The second-order valence-corrected chi connectivity index (χ2v) is 6.45. The van der Waals surface area contributed by atoms with E-state index in [-0.39, 0.29) is 5.57 Å². The Hall–Kier alpha value is -3.89. The fraction of sp³-hybridized carbons (Fsp3) is 0.0909. The van der Waals surface area contributed by atoms with Gasteiger partial charge >= 0.3 is 0 Å². The highest BCUT2D eigenvalue weighted by Gasteiger charge is 2.46. The van der Waals surface area contributed by atoms with E-state index in [0.717, 1.165) is 16.7 Å². The number of amides is 2. The van der Waals surface area contributed by atoms with Crippen molar-refractivity contribution in [1.82, 2.24) is 10.3 Å². The van der Waals surface area contributed by atoms with Gasteiger partial charge in [0, 0.05) is 24.5 Å². The van der Waals surface area contributed by atoms with Gasteiger partial charge in [0.1, 0.15) is 0 Å². The fourth-order valence-corrected chi connectivity index (χ4v) is 3.50. The van der Waals surface area contributed by atoms with Gasteiger partial charge in [-0.05, 0) is 28.8 Å². The van der Waals surface area contributed by atoms with Gasteiger partial charge in [-0.15, -0.1) is 0 Å². The van der Waals surface area contributed by atoms with Gasteiger partial charge in [0.2, 0.25) is 6.04 Å². The molecule has 2 atom stereocenters. The summed E-state index contributed by atoms with van der Waals surface area (Å²) in [6, 6.07) is 16.0. The number of hydrogen-bond donors (Lipinski definition) is 1. The number of piperidine rings is 1. The van der Waals surface area contributed by atoms with Gasteiger partial charge in [0.15, 0.2) is 12.4 Å². The first-order valence-electron chi connectivity index (χ1n) is 8.77. The number of aromatic nitrogens is 2. The summed E-state index contributed by atoms with van der Waals surface area (Å²) >= 11 is 0. The van der Waals surface area contributed by atoms with E-state index in [2.05, 4.69) is 10.3 Å². The molecular weight excluding hydrogens is 352 g/mol. The second-order valence-electron chi connectivity index (χ2n) is 6.45. The lowest BCUT2D eigenvalue weighted by molar-refractivity contribution is -0.711. The molecule has 1 aromatic carbocycles. The molecule has 6 nitrogen and oxygen atoms in total. The Morgan fingerprint density at radius 2 is 1.57 bits per heavy atom. The molecule has 1 N–H and O–H groups in total. The quantitative estimate of drug-likeness (QED) is 0.333. The average Bonchev–Trinajstić information content (AvgIpc) is 2.75. The van der Waals surface area contributed by atoms with E-state index in [9.17, 15) is 15.0 Å². The van der Waals surface area contributed by atoms with Gasteiger partial charge in [0.25, 0.3) is 11.8 Å². The van der Waals surface area contributed by atoms with E-state index in [1.807, 2.05) is 60.5 Å². The lowest BCUT2D eigenvalue weighted by atomic mass is 9.81. The van der Waals surface area contributed by atoms with Gasteiger partial charge in [-0.1, -0.05) is 30.3 Å². The van der Waals surface area contributed by atoms with Crippen molar-refractivity contribution >= 4 is 17.7 Å². The number of carbonyl (C=O) groups excluding carboxylic acids is 2. The first-order valence-corrected chi connectivity index (χ1v) is 8.77. The molecule has 4 rings (SSSR count). The molecule has 0 radical (unpaired) electrons. The monoisotopic (exact) mass is 368 g/mol. The van der Waals surface area contributed by atoms with Crippen LogP contribution >= 0.6 is 0 Å². The molecule has 1 saturated heterocycles. The van der Waals surface area contributed by atoms with Crippen LogP contribution in [0.2, 0.25) is 0 Å².